The molecule has 1 heterocycles. The largest absolute Gasteiger partial charge is 0.356 e. The zero-order chi connectivity index (χ0) is 15.3. The third kappa shape index (κ3) is 4.71. The highest BCUT2D eigenvalue weighted by atomic mass is 32.2. The molecule has 0 saturated carbocycles. The standard InChI is InChI=1S/C14H22N4O2S/c1-11(2)18-21(19,20)13-6-3-5-12(9-13)10-17-14-15-7-4-8-16-14/h3,5-6,9,11,18H,4,7-8,10H2,1-2H3,(H2,15,16,17). The quantitative estimate of drug-likeness (QED) is 0.752. The summed E-state index contributed by atoms with van der Waals surface area (Å²) >= 11 is 0. The van der Waals surface area contributed by atoms with Gasteiger partial charge in [-0.05, 0) is 38.0 Å². The van der Waals surface area contributed by atoms with Crippen LogP contribution in [0.5, 0.6) is 0 Å². The second kappa shape index (κ2) is 6.91. The van der Waals surface area contributed by atoms with Crippen molar-refractivity contribution in [2.45, 2.75) is 37.8 Å². The van der Waals surface area contributed by atoms with Crippen LogP contribution in [0.25, 0.3) is 0 Å². The van der Waals surface area contributed by atoms with E-state index in [1.165, 1.54) is 0 Å². The molecule has 1 aliphatic heterocycles. The Morgan fingerprint density at radius 2 is 2.19 bits per heavy atom. The van der Waals surface area contributed by atoms with Crippen molar-refractivity contribution in [2.24, 2.45) is 4.99 Å². The number of sulfonamides is 1. The van der Waals surface area contributed by atoms with E-state index in [1.54, 1.807) is 32.0 Å². The van der Waals surface area contributed by atoms with Crippen molar-refractivity contribution in [2.75, 3.05) is 13.1 Å². The molecule has 1 aromatic rings. The van der Waals surface area contributed by atoms with Crippen LogP contribution in [-0.2, 0) is 16.6 Å². The number of rotatable bonds is 5. The van der Waals surface area contributed by atoms with E-state index in [2.05, 4.69) is 20.3 Å². The molecule has 0 unspecified atom stereocenters. The van der Waals surface area contributed by atoms with Gasteiger partial charge in [0.1, 0.15) is 0 Å². The summed E-state index contributed by atoms with van der Waals surface area (Å²) in [7, 11) is -3.45. The Bertz CT molecular complexity index is 611. The zero-order valence-corrected chi connectivity index (χ0v) is 13.2. The highest BCUT2D eigenvalue weighted by Gasteiger charge is 2.15. The number of hydrogen-bond acceptors (Lipinski definition) is 5. The van der Waals surface area contributed by atoms with Crippen LogP contribution in [0.15, 0.2) is 34.2 Å². The van der Waals surface area contributed by atoms with Crippen molar-refractivity contribution in [3.05, 3.63) is 29.8 Å². The summed E-state index contributed by atoms with van der Waals surface area (Å²) in [4.78, 5) is 4.61. The molecule has 0 amide bonds. The summed E-state index contributed by atoms with van der Waals surface area (Å²) in [5.74, 6) is 0.773. The zero-order valence-electron chi connectivity index (χ0n) is 12.4. The number of guanidine groups is 1. The van der Waals surface area contributed by atoms with E-state index in [4.69, 9.17) is 0 Å². The molecule has 0 radical (unpaired) electrons. The van der Waals surface area contributed by atoms with Crippen molar-refractivity contribution >= 4 is 16.0 Å². The van der Waals surface area contributed by atoms with Gasteiger partial charge in [-0.15, -0.1) is 0 Å². The molecule has 1 aromatic carbocycles. The summed E-state index contributed by atoms with van der Waals surface area (Å²) < 4.78 is 26.9. The molecule has 0 atom stereocenters. The van der Waals surface area contributed by atoms with Gasteiger partial charge >= 0.3 is 0 Å². The van der Waals surface area contributed by atoms with Crippen molar-refractivity contribution < 1.29 is 8.42 Å². The number of nitrogens with zero attached hydrogens (tertiary/aromatic N) is 1. The van der Waals surface area contributed by atoms with Gasteiger partial charge < -0.3 is 10.6 Å². The van der Waals surface area contributed by atoms with Crippen molar-refractivity contribution in [3.8, 4) is 0 Å². The summed E-state index contributed by atoms with van der Waals surface area (Å²) in [6.45, 7) is 5.88. The van der Waals surface area contributed by atoms with E-state index < -0.39 is 10.0 Å². The maximum Gasteiger partial charge on any atom is 0.240 e. The van der Waals surface area contributed by atoms with E-state index >= 15 is 0 Å². The number of aliphatic imine (C=N–C) groups is 1. The molecule has 0 aromatic heterocycles. The molecule has 21 heavy (non-hydrogen) atoms. The van der Waals surface area contributed by atoms with Crippen molar-refractivity contribution in [3.63, 3.8) is 0 Å². The lowest BCUT2D eigenvalue weighted by atomic mass is 10.2. The van der Waals surface area contributed by atoms with Crippen molar-refractivity contribution in [1.82, 2.24) is 15.4 Å². The topological polar surface area (TPSA) is 82.6 Å². The van der Waals surface area contributed by atoms with Gasteiger partial charge in [0.25, 0.3) is 0 Å². The fourth-order valence-corrected chi connectivity index (χ4v) is 3.36. The Labute approximate surface area is 126 Å². The molecule has 116 valence electrons. The normalized spacial score (nSPS) is 15.5. The number of nitrogens with one attached hydrogen (secondary N) is 3. The summed E-state index contributed by atoms with van der Waals surface area (Å²) in [5.41, 5.74) is 0.900. The van der Waals surface area contributed by atoms with Crippen LogP contribution in [0.3, 0.4) is 0 Å². The fourth-order valence-electron chi connectivity index (χ4n) is 2.04. The summed E-state index contributed by atoms with van der Waals surface area (Å²) in [6, 6.07) is 6.80. The predicted octanol–water partition coefficient (Wildman–Crippen LogP) is 0.812. The lowest BCUT2D eigenvalue weighted by molar-refractivity contribution is 0.569. The van der Waals surface area contributed by atoms with E-state index in [9.17, 15) is 8.42 Å². The van der Waals surface area contributed by atoms with Gasteiger partial charge in [-0.3, -0.25) is 4.99 Å². The Morgan fingerprint density at radius 3 is 2.86 bits per heavy atom. The van der Waals surface area contributed by atoms with E-state index in [1.807, 2.05) is 6.07 Å². The molecule has 3 N–H and O–H groups in total. The van der Waals surface area contributed by atoms with Crippen LogP contribution in [0, 0.1) is 0 Å². The molecule has 1 aliphatic rings. The molecular formula is C14H22N4O2S. The minimum atomic E-state index is -3.45. The minimum Gasteiger partial charge on any atom is -0.356 e. The number of benzene rings is 1. The Kier molecular flexibility index (Phi) is 5.19. The molecule has 0 bridgehead atoms. The molecule has 2 rings (SSSR count). The minimum absolute atomic E-state index is 0.127. The first kappa shape index (κ1) is 15.8. The third-order valence-corrected chi connectivity index (χ3v) is 4.61. The van der Waals surface area contributed by atoms with Gasteiger partial charge in [-0.2, -0.15) is 0 Å². The van der Waals surface area contributed by atoms with E-state index in [0.29, 0.717) is 6.54 Å². The molecule has 0 fully saturated rings. The Hall–Kier alpha value is -1.60. The van der Waals surface area contributed by atoms with Crippen LogP contribution < -0.4 is 15.4 Å². The maximum atomic E-state index is 12.1. The molecule has 0 spiro atoms. The second-order valence-corrected chi connectivity index (χ2v) is 7.00. The van der Waals surface area contributed by atoms with Crippen molar-refractivity contribution in [1.29, 1.82) is 0 Å². The van der Waals surface area contributed by atoms with Gasteiger partial charge in [-0.25, -0.2) is 13.1 Å². The molecule has 7 heteroatoms. The van der Waals surface area contributed by atoms with Gasteiger partial charge in [0.15, 0.2) is 5.96 Å². The lowest BCUT2D eigenvalue weighted by Crippen LogP contribution is -2.40. The number of hydrogen-bond donors (Lipinski definition) is 3. The van der Waals surface area contributed by atoms with Crippen LogP contribution in [0.2, 0.25) is 0 Å². The summed E-state index contributed by atoms with van der Waals surface area (Å²) in [5, 5.41) is 6.35. The Balaban J connectivity index is 2.05. The maximum absolute atomic E-state index is 12.1. The average Bonchev–Trinajstić information content (AvgIpc) is 2.45. The first-order valence-corrected chi connectivity index (χ1v) is 8.59. The van der Waals surface area contributed by atoms with Gasteiger partial charge in [0, 0.05) is 25.7 Å². The van der Waals surface area contributed by atoms with Gasteiger partial charge in [-0.1, -0.05) is 12.1 Å². The first-order chi connectivity index (χ1) is 9.97. The smallest absolute Gasteiger partial charge is 0.240 e. The summed E-state index contributed by atoms with van der Waals surface area (Å²) in [6.07, 6.45) is 1.04. The third-order valence-electron chi connectivity index (χ3n) is 2.96. The predicted molar refractivity (Wildman–Crippen MR) is 83.7 cm³/mol. The van der Waals surface area contributed by atoms with Crippen LogP contribution in [-0.4, -0.2) is 33.5 Å². The second-order valence-electron chi connectivity index (χ2n) is 5.29. The Morgan fingerprint density at radius 1 is 1.38 bits per heavy atom. The fraction of sp³-hybridized carbons (Fsp3) is 0.500. The average molecular weight is 310 g/mol. The molecule has 0 saturated heterocycles. The lowest BCUT2D eigenvalue weighted by Gasteiger charge is -2.16. The SMILES string of the molecule is CC(C)NS(=O)(=O)c1cccc(CNC2=NCCCN2)c1. The highest BCUT2D eigenvalue weighted by Crippen LogP contribution is 2.12. The molecule has 6 nitrogen and oxygen atoms in total. The highest BCUT2D eigenvalue weighted by molar-refractivity contribution is 7.89. The monoisotopic (exact) mass is 310 g/mol. The van der Waals surface area contributed by atoms with Crippen LogP contribution >= 0.6 is 0 Å². The van der Waals surface area contributed by atoms with Crippen LogP contribution in [0.1, 0.15) is 25.8 Å². The van der Waals surface area contributed by atoms with Crippen LogP contribution in [0.4, 0.5) is 0 Å². The molecule has 0 aliphatic carbocycles. The van der Waals surface area contributed by atoms with Gasteiger partial charge in [0.2, 0.25) is 10.0 Å². The van der Waals surface area contributed by atoms with E-state index in [0.717, 1.165) is 31.0 Å². The first-order valence-electron chi connectivity index (χ1n) is 7.11. The molecular weight excluding hydrogens is 288 g/mol. The van der Waals surface area contributed by atoms with Gasteiger partial charge in [0.05, 0.1) is 4.90 Å². The van der Waals surface area contributed by atoms with E-state index in [-0.39, 0.29) is 10.9 Å².